The number of rotatable bonds is 2. The van der Waals surface area contributed by atoms with Crippen LogP contribution in [0.15, 0.2) is 66.3 Å². The van der Waals surface area contributed by atoms with Crippen LogP contribution in [0, 0.1) is 0 Å². The van der Waals surface area contributed by atoms with Gasteiger partial charge < -0.3 is 0 Å². The summed E-state index contributed by atoms with van der Waals surface area (Å²) >= 11 is 0. The van der Waals surface area contributed by atoms with Gasteiger partial charge >= 0.3 is 0 Å². The number of fused-ring (bicyclic) bond motifs is 3. The van der Waals surface area contributed by atoms with Gasteiger partial charge in [0, 0.05) is 5.41 Å². The Morgan fingerprint density at radius 1 is 0.792 bits per heavy atom. The zero-order valence-electron chi connectivity index (χ0n) is 14.2. The minimum Gasteiger partial charge on any atom is -0.0804 e. The number of hydrogen-bond donors (Lipinski definition) is 0. The van der Waals surface area contributed by atoms with Gasteiger partial charge in [0.15, 0.2) is 0 Å². The smallest absolute Gasteiger partial charge is 0.0171 e. The molecule has 0 heteroatoms. The van der Waals surface area contributed by atoms with Gasteiger partial charge in [0.05, 0.1) is 0 Å². The van der Waals surface area contributed by atoms with E-state index in [1.54, 1.807) is 16.7 Å². The molecule has 0 aliphatic heterocycles. The minimum atomic E-state index is 0.287. The summed E-state index contributed by atoms with van der Waals surface area (Å²) in [6.07, 6.45) is 16.1. The largest absolute Gasteiger partial charge is 0.0804 e. The molecule has 0 nitrogen and oxygen atoms in total. The molecule has 5 rings (SSSR count). The Hall–Kier alpha value is -2.08. The van der Waals surface area contributed by atoms with Crippen molar-refractivity contribution in [3.05, 3.63) is 83.0 Å². The van der Waals surface area contributed by atoms with Crippen LogP contribution in [0.25, 0.3) is 11.1 Å². The van der Waals surface area contributed by atoms with Crippen molar-refractivity contribution in [1.29, 1.82) is 0 Å². The van der Waals surface area contributed by atoms with E-state index in [4.69, 9.17) is 0 Å². The molecule has 0 saturated heterocycles. The number of benzene rings is 2. The highest BCUT2D eigenvalue weighted by molar-refractivity contribution is 5.78. The van der Waals surface area contributed by atoms with Crippen molar-refractivity contribution in [2.24, 2.45) is 0 Å². The Labute approximate surface area is 144 Å². The van der Waals surface area contributed by atoms with Crippen molar-refractivity contribution >= 4 is 0 Å². The van der Waals surface area contributed by atoms with Crippen molar-refractivity contribution in [2.75, 3.05) is 0 Å². The Morgan fingerprint density at radius 3 is 2.46 bits per heavy atom. The Balaban J connectivity index is 1.69. The molecule has 0 atom stereocenters. The van der Waals surface area contributed by atoms with Gasteiger partial charge in [-0.3, -0.25) is 0 Å². The molecule has 2 aromatic rings. The lowest BCUT2D eigenvalue weighted by Gasteiger charge is -2.41. The lowest BCUT2D eigenvalue weighted by Crippen LogP contribution is -2.32. The van der Waals surface area contributed by atoms with Gasteiger partial charge in [0.2, 0.25) is 0 Å². The highest BCUT2D eigenvalue weighted by atomic mass is 14.4. The fraction of sp³-hybridized carbons (Fsp3) is 0.333. The van der Waals surface area contributed by atoms with Crippen molar-refractivity contribution in [3.63, 3.8) is 0 Å². The third-order valence-electron chi connectivity index (χ3n) is 6.46. The zero-order chi connectivity index (χ0) is 16.0. The minimum absolute atomic E-state index is 0.287. The molecule has 0 N–H and O–H groups in total. The predicted octanol–water partition coefficient (Wildman–Crippen LogP) is 6.35. The lowest BCUT2D eigenvalue weighted by atomic mass is 9.63. The average molecular weight is 312 g/mol. The zero-order valence-corrected chi connectivity index (χ0v) is 14.2. The molecular formula is C24H24. The molecule has 3 aliphatic rings. The maximum Gasteiger partial charge on any atom is 0.0171 e. The standard InChI is InChI=1S/C24H24/c1-6-15-24(16-7-1,19-10-3-4-11-19)23-14-8-13-21-20-12-5-2-9-18(20)17-22(21)23/h2-5,8-10,12-14H,1,6-7,11,15-17H2. The van der Waals surface area contributed by atoms with Crippen LogP contribution in [0.2, 0.25) is 0 Å². The van der Waals surface area contributed by atoms with E-state index in [9.17, 15) is 0 Å². The first-order valence-corrected chi connectivity index (χ1v) is 9.45. The van der Waals surface area contributed by atoms with Gasteiger partial charge in [-0.25, -0.2) is 0 Å². The molecule has 0 heterocycles. The van der Waals surface area contributed by atoms with E-state index in [0.29, 0.717) is 0 Å². The van der Waals surface area contributed by atoms with E-state index in [0.717, 1.165) is 12.8 Å². The van der Waals surface area contributed by atoms with Gasteiger partial charge in [-0.1, -0.05) is 85.5 Å². The first-order chi connectivity index (χ1) is 11.9. The third kappa shape index (κ3) is 1.99. The maximum absolute atomic E-state index is 2.44. The number of hydrogen-bond acceptors (Lipinski definition) is 0. The molecular weight excluding hydrogens is 288 g/mol. The Morgan fingerprint density at radius 2 is 1.62 bits per heavy atom. The van der Waals surface area contributed by atoms with Crippen LogP contribution >= 0.6 is 0 Å². The van der Waals surface area contributed by atoms with Crippen LogP contribution in [0.4, 0.5) is 0 Å². The van der Waals surface area contributed by atoms with Crippen LogP contribution < -0.4 is 0 Å². The summed E-state index contributed by atoms with van der Waals surface area (Å²) in [5, 5.41) is 0. The van der Waals surface area contributed by atoms with Gasteiger partial charge in [0.25, 0.3) is 0 Å². The molecule has 0 radical (unpaired) electrons. The summed E-state index contributed by atoms with van der Waals surface area (Å²) in [4.78, 5) is 0. The summed E-state index contributed by atoms with van der Waals surface area (Å²) in [6, 6.07) is 16.1. The summed E-state index contributed by atoms with van der Waals surface area (Å²) in [6.45, 7) is 0. The molecule has 120 valence electrons. The Bertz CT molecular complexity index is 844. The van der Waals surface area contributed by atoms with Crippen molar-refractivity contribution < 1.29 is 0 Å². The summed E-state index contributed by atoms with van der Waals surface area (Å²) in [5.74, 6) is 0. The van der Waals surface area contributed by atoms with Crippen molar-refractivity contribution in [3.8, 4) is 11.1 Å². The van der Waals surface area contributed by atoms with E-state index in [2.05, 4.69) is 60.7 Å². The molecule has 3 aliphatic carbocycles. The van der Waals surface area contributed by atoms with E-state index >= 15 is 0 Å². The average Bonchev–Trinajstić information content (AvgIpc) is 3.30. The molecule has 2 aromatic carbocycles. The molecule has 24 heavy (non-hydrogen) atoms. The summed E-state index contributed by atoms with van der Waals surface area (Å²) in [5.41, 5.74) is 9.63. The molecule has 0 aromatic heterocycles. The fourth-order valence-electron chi connectivity index (χ4n) is 5.33. The first kappa shape index (κ1) is 14.3. The second-order valence-corrected chi connectivity index (χ2v) is 7.63. The van der Waals surface area contributed by atoms with E-state index in [-0.39, 0.29) is 5.41 Å². The van der Waals surface area contributed by atoms with Crippen molar-refractivity contribution in [2.45, 2.75) is 50.4 Å². The summed E-state index contributed by atoms with van der Waals surface area (Å²) in [7, 11) is 0. The first-order valence-electron chi connectivity index (χ1n) is 9.45. The maximum atomic E-state index is 2.44. The Kier molecular flexibility index (Phi) is 3.26. The highest BCUT2D eigenvalue weighted by Gasteiger charge is 2.40. The predicted molar refractivity (Wildman–Crippen MR) is 101 cm³/mol. The molecule has 1 fully saturated rings. The van der Waals surface area contributed by atoms with Crippen LogP contribution in [0.1, 0.15) is 55.2 Å². The van der Waals surface area contributed by atoms with Gasteiger partial charge in [-0.05, 0) is 53.5 Å². The monoisotopic (exact) mass is 312 g/mol. The van der Waals surface area contributed by atoms with Crippen LogP contribution in [-0.4, -0.2) is 0 Å². The van der Waals surface area contributed by atoms with E-state index in [1.165, 1.54) is 48.8 Å². The molecule has 0 bridgehead atoms. The van der Waals surface area contributed by atoms with Crippen LogP contribution in [-0.2, 0) is 11.8 Å². The molecule has 0 amide bonds. The third-order valence-corrected chi connectivity index (χ3v) is 6.46. The molecule has 0 spiro atoms. The van der Waals surface area contributed by atoms with E-state index < -0.39 is 0 Å². The van der Waals surface area contributed by atoms with E-state index in [1.807, 2.05) is 0 Å². The normalized spacial score (nSPS) is 20.6. The van der Waals surface area contributed by atoms with Gasteiger partial charge in [-0.15, -0.1) is 0 Å². The topological polar surface area (TPSA) is 0 Å². The van der Waals surface area contributed by atoms with Gasteiger partial charge in [0.1, 0.15) is 0 Å². The molecule has 1 saturated carbocycles. The second-order valence-electron chi connectivity index (χ2n) is 7.63. The number of allylic oxidation sites excluding steroid dienone is 4. The fourth-order valence-corrected chi connectivity index (χ4v) is 5.33. The molecule has 0 unspecified atom stereocenters. The van der Waals surface area contributed by atoms with Crippen LogP contribution in [0.5, 0.6) is 0 Å². The quantitative estimate of drug-likeness (QED) is 0.517. The SMILES string of the molecule is C1=CCC(C2(c3cccc4c3Cc3ccccc3-4)CCCCC2)=C1. The second kappa shape index (κ2) is 5.48. The van der Waals surface area contributed by atoms with Crippen molar-refractivity contribution in [1.82, 2.24) is 0 Å². The summed E-state index contributed by atoms with van der Waals surface area (Å²) < 4.78 is 0. The van der Waals surface area contributed by atoms with Crippen LogP contribution in [0.3, 0.4) is 0 Å². The highest BCUT2D eigenvalue weighted by Crippen LogP contribution is 2.51. The lowest BCUT2D eigenvalue weighted by molar-refractivity contribution is 0.335. The van der Waals surface area contributed by atoms with Gasteiger partial charge in [-0.2, -0.15) is 0 Å².